The smallest absolute Gasteiger partial charge is 0.364 e. The molecule has 1 aromatic heterocycles. The minimum absolute atomic E-state index is 0.0500. The summed E-state index contributed by atoms with van der Waals surface area (Å²) in [5.74, 6) is 0.238. The molecule has 1 rings (SSSR count). The fourth-order valence-electron chi connectivity index (χ4n) is 1.08. The van der Waals surface area contributed by atoms with E-state index in [9.17, 15) is 13.2 Å². The van der Waals surface area contributed by atoms with Crippen LogP contribution >= 0.6 is 0 Å². The quantitative estimate of drug-likeness (QED) is 0.905. The highest BCUT2D eigenvalue weighted by Gasteiger charge is 2.29. The van der Waals surface area contributed by atoms with Crippen molar-refractivity contribution < 1.29 is 22.4 Å². The van der Waals surface area contributed by atoms with Crippen LogP contribution in [-0.2, 0) is 11.3 Å². The number of halogens is 3. The molecule has 1 aromatic rings. The molecule has 0 saturated carbocycles. The summed E-state index contributed by atoms with van der Waals surface area (Å²) in [6, 6.07) is -0.485. The summed E-state index contributed by atoms with van der Waals surface area (Å²) >= 11 is 0. The highest BCUT2D eigenvalue weighted by Crippen LogP contribution is 2.29. The SMILES string of the molecule is CC(C)(C)[C@@H](N)c1nc(COCC(F)(F)F)no1. The summed E-state index contributed by atoms with van der Waals surface area (Å²) in [5.41, 5.74) is 5.59. The van der Waals surface area contributed by atoms with Gasteiger partial charge in [0.05, 0.1) is 6.04 Å². The van der Waals surface area contributed by atoms with Crippen LogP contribution in [0.5, 0.6) is 0 Å². The van der Waals surface area contributed by atoms with Gasteiger partial charge in [-0.2, -0.15) is 18.2 Å². The van der Waals surface area contributed by atoms with Gasteiger partial charge in [-0.15, -0.1) is 0 Å². The van der Waals surface area contributed by atoms with Crippen LogP contribution in [0.15, 0.2) is 4.52 Å². The predicted molar refractivity (Wildman–Crippen MR) is 56.4 cm³/mol. The molecule has 0 aliphatic rings. The zero-order chi connectivity index (χ0) is 14.0. The summed E-state index contributed by atoms with van der Waals surface area (Å²) < 4.78 is 44.8. The number of aromatic nitrogens is 2. The van der Waals surface area contributed by atoms with Gasteiger partial charge in [-0.05, 0) is 5.41 Å². The van der Waals surface area contributed by atoms with E-state index in [-0.39, 0.29) is 23.7 Å². The molecular formula is C10H16F3N3O2. The molecule has 104 valence electrons. The first kappa shape index (κ1) is 14.9. The third-order valence-corrected chi connectivity index (χ3v) is 2.18. The molecule has 1 heterocycles. The zero-order valence-corrected chi connectivity index (χ0v) is 10.4. The molecule has 0 bridgehead atoms. The second-order valence-corrected chi connectivity index (χ2v) is 5.00. The van der Waals surface area contributed by atoms with Gasteiger partial charge < -0.3 is 15.0 Å². The van der Waals surface area contributed by atoms with Crippen LogP contribution in [0.25, 0.3) is 0 Å². The van der Waals surface area contributed by atoms with Gasteiger partial charge in [0.15, 0.2) is 5.82 Å². The zero-order valence-electron chi connectivity index (χ0n) is 10.4. The van der Waals surface area contributed by atoms with E-state index >= 15 is 0 Å². The Bertz CT molecular complexity index is 384. The fraction of sp³-hybridized carbons (Fsp3) is 0.800. The van der Waals surface area contributed by atoms with Crippen molar-refractivity contribution in [1.82, 2.24) is 10.1 Å². The second-order valence-electron chi connectivity index (χ2n) is 5.00. The maximum absolute atomic E-state index is 11.8. The average molecular weight is 267 g/mol. The van der Waals surface area contributed by atoms with Crippen LogP contribution in [0.2, 0.25) is 0 Å². The lowest BCUT2D eigenvalue weighted by atomic mass is 9.87. The average Bonchev–Trinajstić information content (AvgIpc) is 2.61. The number of hydrogen-bond donors (Lipinski definition) is 1. The molecule has 2 N–H and O–H groups in total. The van der Waals surface area contributed by atoms with Gasteiger partial charge >= 0.3 is 6.18 Å². The summed E-state index contributed by atoms with van der Waals surface area (Å²) in [6.07, 6.45) is -4.37. The van der Waals surface area contributed by atoms with Crippen molar-refractivity contribution in [3.8, 4) is 0 Å². The van der Waals surface area contributed by atoms with E-state index in [4.69, 9.17) is 10.3 Å². The first-order valence-electron chi connectivity index (χ1n) is 5.32. The summed E-state index contributed by atoms with van der Waals surface area (Å²) in [5, 5.41) is 3.51. The Morgan fingerprint density at radius 1 is 1.33 bits per heavy atom. The van der Waals surface area contributed by atoms with Crippen molar-refractivity contribution in [2.24, 2.45) is 11.1 Å². The van der Waals surface area contributed by atoms with Crippen LogP contribution in [0, 0.1) is 5.41 Å². The monoisotopic (exact) mass is 267 g/mol. The Morgan fingerprint density at radius 3 is 2.44 bits per heavy atom. The maximum Gasteiger partial charge on any atom is 0.411 e. The maximum atomic E-state index is 11.8. The lowest BCUT2D eigenvalue weighted by Crippen LogP contribution is -2.26. The van der Waals surface area contributed by atoms with Gasteiger partial charge in [-0.1, -0.05) is 25.9 Å². The lowest BCUT2D eigenvalue weighted by molar-refractivity contribution is -0.177. The molecule has 1 atom stereocenters. The highest BCUT2D eigenvalue weighted by molar-refractivity contribution is 4.95. The molecule has 8 heteroatoms. The molecule has 0 aromatic carbocycles. The van der Waals surface area contributed by atoms with Crippen LogP contribution in [0.1, 0.15) is 38.5 Å². The molecule has 0 radical (unpaired) electrons. The molecule has 0 aliphatic carbocycles. The lowest BCUT2D eigenvalue weighted by Gasteiger charge is -2.23. The van der Waals surface area contributed by atoms with Gasteiger partial charge in [-0.3, -0.25) is 0 Å². The minimum atomic E-state index is -4.37. The first-order chi connectivity index (χ1) is 8.09. The van der Waals surface area contributed by atoms with E-state index in [2.05, 4.69) is 14.9 Å². The third kappa shape index (κ3) is 4.61. The van der Waals surface area contributed by atoms with E-state index in [1.807, 2.05) is 20.8 Å². The number of rotatable bonds is 4. The Balaban J connectivity index is 2.54. The molecule has 0 amide bonds. The van der Waals surface area contributed by atoms with Gasteiger partial charge in [0.25, 0.3) is 0 Å². The van der Waals surface area contributed by atoms with Crippen molar-refractivity contribution in [2.75, 3.05) is 6.61 Å². The Labute approximate surface area is 102 Å². The van der Waals surface area contributed by atoms with Crippen LogP contribution < -0.4 is 5.73 Å². The van der Waals surface area contributed by atoms with Crippen molar-refractivity contribution in [2.45, 2.75) is 39.6 Å². The molecule has 5 nitrogen and oxygen atoms in total. The molecule has 0 aliphatic heterocycles. The van der Waals surface area contributed by atoms with Crippen molar-refractivity contribution in [1.29, 1.82) is 0 Å². The first-order valence-corrected chi connectivity index (χ1v) is 5.32. The van der Waals surface area contributed by atoms with Gasteiger partial charge in [0.1, 0.15) is 13.2 Å². The minimum Gasteiger partial charge on any atom is -0.364 e. The van der Waals surface area contributed by atoms with Gasteiger partial charge in [0.2, 0.25) is 5.89 Å². The Kier molecular flexibility index (Phi) is 4.33. The summed E-state index contributed by atoms with van der Waals surface area (Å²) in [4.78, 5) is 3.90. The van der Waals surface area contributed by atoms with Crippen molar-refractivity contribution in [3.63, 3.8) is 0 Å². The third-order valence-electron chi connectivity index (χ3n) is 2.18. The summed E-state index contributed by atoms with van der Waals surface area (Å²) in [7, 11) is 0. The Hall–Kier alpha value is -1.15. The number of hydrogen-bond acceptors (Lipinski definition) is 5. The van der Waals surface area contributed by atoms with Crippen molar-refractivity contribution in [3.05, 3.63) is 11.7 Å². The highest BCUT2D eigenvalue weighted by atomic mass is 19.4. The topological polar surface area (TPSA) is 74.2 Å². The predicted octanol–water partition coefficient (Wildman–Crippen LogP) is 2.19. The van der Waals surface area contributed by atoms with Gasteiger partial charge in [-0.25, -0.2) is 0 Å². The van der Waals surface area contributed by atoms with Gasteiger partial charge in [0, 0.05) is 0 Å². The molecular weight excluding hydrogens is 251 g/mol. The van der Waals surface area contributed by atoms with E-state index in [1.165, 1.54) is 0 Å². The molecule has 0 fully saturated rings. The van der Waals surface area contributed by atoms with Crippen LogP contribution in [0.4, 0.5) is 13.2 Å². The standard InChI is InChI=1S/C10H16F3N3O2/c1-9(2,3)7(14)8-15-6(16-18-8)4-17-5-10(11,12)13/h7H,4-5,14H2,1-3H3/t7-/m0/s1. The molecule has 0 spiro atoms. The number of nitrogens with two attached hydrogens (primary N) is 1. The van der Waals surface area contributed by atoms with Crippen LogP contribution in [-0.4, -0.2) is 22.9 Å². The number of ether oxygens (including phenoxy) is 1. The number of nitrogens with zero attached hydrogens (tertiary/aromatic N) is 2. The summed E-state index contributed by atoms with van der Waals surface area (Å²) in [6.45, 7) is 3.97. The van der Waals surface area contributed by atoms with E-state index in [0.29, 0.717) is 0 Å². The normalized spacial score (nSPS) is 14.8. The number of alkyl halides is 3. The van der Waals surface area contributed by atoms with Crippen LogP contribution in [0.3, 0.4) is 0 Å². The second kappa shape index (κ2) is 5.23. The van der Waals surface area contributed by atoms with E-state index < -0.39 is 18.8 Å². The van der Waals surface area contributed by atoms with Crippen molar-refractivity contribution >= 4 is 0 Å². The Morgan fingerprint density at radius 2 is 1.94 bits per heavy atom. The molecule has 18 heavy (non-hydrogen) atoms. The van der Waals surface area contributed by atoms with E-state index in [1.54, 1.807) is 0 Å². The molecule has 0 saturated heterocycles. The largest absolute Gasteiger partial charge is 0.411 e. The fourth-order valence-corrected chi connectivity index (χ4v) is 1.08. The molecule has 0 unspecified atom stereocenters. The van der Waals surface area contributed by atoms with E-state index in [0.717, 1.165) is 0 Å².